The van der Waals surface area contributed by atoms with Gasteiger partial charge in [0.25, 0.3) is 0 Å². The van der Waals surface area contributed by atoms with Crippen LogP contribution in [0.2, 0.25) is 5.02 Å². The number of rotatable bonds is 8. The van der Waals surface area contributed by atoms with Crippen LogP contribution in [0.1, 0.15) is 12.2 Å². The summed E-state index contributed by atoms with van der Waals surface area (Å²) in [6, 6.07) is 14.9. The molecule has 1 saturated heterocycles. The summed E-state index contributed by atoms with van der Waals surface area (Å²) in [4.78, 5) is 31.0. The first-order valence-electron chi connectivity index (χ1n) is 11.5. The molecule has 35 heavy (non-hydrogen) atoms. The third kappa shape index (κ3) is 6.37. The van der Waals surface area contributed by atoms with Crippen LogP contribution in [-0.4, -0.2) is 78.3 Å². The molecule has 0 unspecified atom stereocenters. The van der Waals surface area contributed by atoms with Crippen LogP contribution in [0.15, 0.2) is 59.2 Å². The van der Waals surface area contributed by atoms with E-state index in [9.17, 15) is 9.59 Å². The van der Waals surface area contributed by atoms with E-state index < -0.39 is 0 Å². The predicted molar refractivity (Wildman–Crippen MR) is 132 cm³/mol. The minimum absolute atomic E-state index is 0.0325. The number of halogens is 1. The Morgan fingerprint density at radius 2 is 1.91 bits per heavy atom. The summed E-state index contributed by atoms with van der Waals surface area (Å²) in [5.41, 5.74) is 1.55. The lowest BCUT2D eigenvalue weighted by Crippen LogP contribution is -2.44. The Morgan fingerprint density at radius 3 is 2.63 bits per heavy atom. The zero-order valence-corrected chi connectivity index (χ0v) is 20.4. The van der Waals surface area contributed by atoms with Gasteiger partial charge in [0.2, 0.25) is 11.8 Å². The molecule has 10 heteroatoms. The lowest BCUT2D eigenvalue weighted by atomic mass is 10.1. The summed E-state index contributed by atoms with van der Waals surface area (Å²) in [5.74, 6) is 0.999. The lowest BCUT2D eigenvalue weighted by molar-refractivity contribution is -0.143. The number of aromatic nitrogens is 2. The van der Waals surface area contributed by atoms with E-state index in [-0.39, 0.29) is 31.5 Å². The van der Waals surface area contributed by atoms with Crippen LogP contribution in [0, 0.1) is 0 Å². The van der Waals surface area contributed by atoms with Gasteiger partial charge < -0.3 is 23.9 Å². The van der Waals surface area contributed by atoms with E-state index in [4.69, 9.17) is 20.8 Å². The molecule has 2 amide bonds. The number of ether oxygens (including phenoxy) is 1. The third-order valence-corrected chi connectivity index (χ3v) is 6.18. The molecule has 9 nitrogen and oxygen atoms in total. The second-order valence-corrected chi connectivity index (χ2v) is 8.65. The fourth-order valence-corrected chi connectivity index (χ4v) is 4.24. The number of hydrogen-bond donors (Lipinski definition) is 0. The van der Waals surface area contributed by atoms with Crippen molar-refractivity contribution in [3.05, 3.63) is 65.6 Å². The largest absolute Gasteiger partial charge is 0.467 e. The van der Waals surface area contributed by atoms with Gasteiger partial charge in [-0.3, -0.25) is 9.59 Å². The predicted octanol–water partition coefficient (Wildman–Crippen LogP) is 3.10. The molecule has 1 fully saturated rings. The first-order chi connectivity index (χ1) is 17.0. The van der Waals surface area contributed by atoms with Gasteiger partial charge in [-0.2, -0.15) is 0 Å². The van der Waals surface area contributed by atoms with Crippen LogP contribution >= 0.6 is 11.6 Å². The maximum Gasteiger partial charge on any atom is 0.249 e. The SMILES string of the molecule is COCC(=O)N(CC(=O)N1CCCN(c2ccc(-c3ccccc3Cl)nn2)CC1)Cc1ccco1. The molecular weight excluding hydrogens is 470 g/mol. The first-order valence-corrected chi connectivity index (χ1v) is 11.8. The van der Waals surface area contributed by atoms with E-state index in [0.717, 1.165) is 24.3 Å². The Kier molecular flexibility index (Phi) is 8.33. The van der Waals surface area contributed by atoms with Gasteiger partial charge in [-0.05, 0) is 36.8 Å². The van der Waals surface area contributed by atoms with E-state index >= 15 is 0 Å². The standard InChI is InChI=1S/C25H28ClN5O4/c1-34-18-25(33)31(16-19-6-4-15-35-19)17-24(32)30-12-5-11-29(13-14-30)23-10-9-22(27-28-23)20-7-2-3-8-21(20)26/h2-4,6-10,15H,5,11-14,16-18H2,1H3. The Bertz CT molecular complexity index is 1120. The molecule has 0 N–H and O–H groups in total. The van der Waals surface area contributed by atoms with Gasteiger partial charge in [0.05, 0.1) is 23.5 Å². The number of furan rings is 1. The van der Waals surface area contributed by atoms with Gasteiger partial charge in [-0.15, -0.1) is 10.2 Å². The summed E-state index contributed by atoms with van der Waals surface area (Å²) in [7, 11) is 1.46. The molecule has 3 heterocycles. The van der Waals surface area contributed by atoms with Crippen LogP contribution in [0.25, 0.3) is 11.3 Å². The smallest absolute Gasteiger partial charge is 0.249 e. The Hall–Kier alpha value is -3.43. The van der Waals surface area contributed by atoms with E-state index in [1.807, 2.05) is 36.4 Å². The molecule has 184 valence electrons. The summed E-state index contributed by atoms with van der Waals surface area (Å²) in [6.45, 7) is 2.60. The fourth-order valence-electron chi connectivity index (χ4n) is 4.00. The van der Waals surface area contributed by atoms with Crippen molar-refractivity contribution in [2.45, 2.75) is 13.0 Å². The molecule has 0 spiro atoms. The van der Waals surface area contributed by atoms with E-state index in [0.29, 0.717) is 36.1 Å². The second-order valence-electron chi connectivity index (χ2n) is 8.24. The third-order valence-electron chi connectivity index (χ3n) is 5.85. The number of carbonyl (C=O) groups is 2. The van der Waals surface area contributed by atoms with Crippen molar-refractivity contribution >= 4 is 29.2 Å². The molecule has 0 atom stereocenters. The van der Waals surface area contributed by atoms with E-state index in [1.54, 1.807) is 23.3 Å². The summed E-state index contributed by atoms with van der Waals surface area (Å²) < 4.78 is 10.3. The van der Waals surface area contributed by atoms with Crippen LogP contribution in [0.4, 0.5) is 5.82 Å². The number of benzene rings is 1. The van der Waals surface area contributed by atoms with Crippen molar-refractivity contribution in [3.63, 3.8) is 0 Å². The molecule has 3 aromatic rings. The molecule has 4 rings (SSSR count). The highest BCUT2D eigenvalue weighted by Gasteiger charge is 2.24. The van der Waals surface area contributed by atoms with Crippen molar-refractivity contribution in [1.82, 2.24) is 20.0 Å². The maximum absolute atomic E-state index is 13.1. The highest BCUT2D eigenvalue weighted by Crippen LogP contribution is 2.26. The van der Waals surface area contributed by atoms with Gasteiger partial charge in [-0.1, -0.05) is 29.8 Å². The molecule has 0 bridgehead atoms. The van der Waals surface area contributed by atoms with Crippen LogP contribution in [0.3, 0.4) is 0 Å². The van der Waals surface area contributed by atoms with Crippen molar-refractivity contribution in [2.75, 3.05) is 51.3 Å². The zero-order valence-electron chi connectivity index (χ0n) is 19.6. The number of anilines is 1. The highest BCUT2D eigenvalue weighted by molar-refractivity contribution is 6.33. The molecule has 0 aliphatic carbocycles. The first kappa shape index (κ1) is 24.7. The van der Waals surface area contributed by atoms with Gasteiger partial charge in [0, 0.05) is 38.9 Å². The van der Waals surface area contributed by atoms with Gasteiger partial charge in [0.15, 0.2) is 5.82 Å². The van der Waals surface area contributed by atoms with Crippen LogP contribution < -0.4 is 4.90 Å². The van der Waals surface area contributed by atoms with Crippen molar-refractivity contribution in [3.8, 4) is 11.3 Å². The fraction of sp³-hybridized carbons (Fsp3) is 0.360. The minimum Gasteiger partial charge on any atom is -0.467 e. The number of methoxy groups -OCH3 is 1. The molecule has 1 aliphatic heterocycles. The van der Waals surface area contributed by atoms with Gasteiger partial charge in [0.1, 0.15) is 18.9 Å². The number of amides is 2. The zero-order chi connectivity index (χ0) is 24.6. The Labute approximate surface area is 209 Å². The molecule has 1 aliphatic rings. The Balaban J connectivity index is 1.37. The van der Waals surface area contributed by atoms with Crippen LogP contribution in [0.5, 0.6) is 0 Å². The quantitative estimate of drug-likeness (QED) is 0.472. The van der Waals surface area contributed by atoms with Crippen molar-refractivity contribution in [1.29, 1.82) is 0 Å². The normalized spacial score (nSPS) is 14.0. The van der Waals surface area contributed by atoms with E-state index in [2.05, 4.69) is 15.1 Å². The van der Waals surface area contributed by atoms with Crippen molar-refractivity contribution in [2.24, 2.45) is 0 Å². The molecule has 2 aromatic heterocycles. The monoisotopic (exact) mass is 497 g/mol. The highest BCUT2D eigenvalue weighted by atomic mass is 35.5. The number of nitrogens with zero attached hydrogens (tertiary/aromatic N) is 5. The summed E-state index contributed by atoms with van der Waals surface area (Å²) in [6.07, 6.45) is 2.33. The summed E-state index contributed by atoms with van der Waals surface area (Å²) in [5, 5.41) is 9.39. The second kappa shape index (κ2) is 11.8. The van der Waals surface area contributed by atoms with Crippen LogP contribution in [-0.2, 0) is 20.9 Å². The van der Waals surface area contributed by atoms with E-state index in [1.165, 1.54) is 12.0 Å². The maximum atomic E-state index is 13.1. The Morgan fingerprint density at radius 1 is 1.06 bits per heavy atom. The average molecular weight is 498 g/mol. The molecule has 0 saturated carbocycles. The topological polar surface area (TPSA) is 92.0 Å². The average Bonchev–Trinajstić information content (AvgIpc) is 3.25. The number of carbonyl (C=O) groups excluding carboxylic acids is 2. The number of hydrogen-bond acceptors (Lipinski definition) is 7. The van der Waals surface area contributed by atoms with Gasteiger partial charge in [-0.25, -0.2) is 0 Å². The van der Waals surface area contributed by atoms with Gasteiger partial charge >= 0.3 is 0 Å². The molecule has 0 radical (unpaired) electrons. The molecular formula is C25H28ClN5O4. The summed E-state index contributed by atoms with van der Waals surface area (Å²) >= 11 is 6.27. The lowest BCUT2D eigenvalue weighted by Gasteiger charge is -2.26. The van der Waals surface area contributed by atoms with Crippen molar-refractivity contribution < 1.29 is 18.7 Å². The minimum atomic E-state index is -0.261. The molecule has 1 aromatic carbocycles.